The van der Waals surface area contributed by atoms with Crippen molar-refractivity contribution in [2.24, 2.45) is 5.73 Å². The highest BCUT2D eigenvalue weighted by Gasteiger charge is 2.24. The monoisotopic (exact) mass is 231 g/mol. The van der Waals surface area contributed by atoms with Crippen molar-refractivity contribution in [2.45, 2.75) is 64.5 Å². The van der Waals surface area contributed by atoms with E-state index in [1.54, 1.807) is 7.11 Å². The van der Waals surface area contributed by atoms with Gasteiger partial charge in [0.25, 0.3) is 0 Å². The van der Waals surface area contributed by atoms with Crippen LogP contribution in [-0.2, 0) is 9.47 Å². The van der Waals surface area contributed by atoms with Crippen molar-refractivity contribution in [1.82, 2.24) is 0 Å². The molecule has 3 heteroatoms. The third-order valence-corrected chi connectivity index (χ3v) is 3.51. The van der Waals surface area contributed by atoms with E-state index in [1.807, 2.05) is 0 Å². The quantitative estimate of drug-likeness (QED) is 0.663. The molecule has 0 aliphatic rings. The molecule has 0 radical (unpaired) electrons. The number of ether oxygens (including phenoxy) is 2. The second kappa shape index (κ2) is 7.25. The largest absolute Gasteiger partial charge is 0.385 e. The molecule has 0 bridgehead atoms. The van der Waals surface area contributed by atoms with Crippen molar-refractivity contribution >= 4 is 0 Å². The molecule has 0 saturated carbocycles. The van der Waals surface area contributed by atoms with E-state index in [0.29, 0.717) is 0 Å². The van der Waals surface area contributed by atoms with E-state index in [1.165, 1.54) is 0 Å². The molecule has 0 aromatic heterocycles. The minimum Gasteiger partial charge on any atom is -0.385 e. The fourth-order valence-corrected chi connectivity index (χ4v) is 1.38. The van der Waals surface area contributed by atoms with Gasteiger partial charge in [0.1, 0.15) is 0 Å². The Morgan fingerprint density at radius 1 is 1.00 bits per heavy atom. The summed E-state index contributed by atoms with van der Waals surface area (Å²) in [4.78, 5) is 0. The zero-order valence-electron chi connectivity index (χ0n) is 11.6. The zero-order valence-corrected chi connectivity index (χ0v) is 11.6. The Kier molecular flexibility index (Phi) is 7.20. The van der Waals surface area contributed by atoms with Gasteiger partial charge in [-0.1, -0.05) is 13.8 Å². The minimum atomic E-state index is -0.101. The maximum absolute atomic E-state index is 6.08. The molecule has 0 rings (SSSR count). The van der Waals surface area contributed by atoms with Crippen LogP contribution in [0.4, 0.5) is 0 Å². The third-order valence-electron chi connectivity index (χ3n) is 3.51. The summed E-state index contributed by atoms with van der Waals surface area (Å²) in [7, 11) is 1.73. The number of rotatable bonds is 9. The molecule has 0 aliphatic carbocycles. The van der Waals surface area contributed by atoms with Crippen molar-refractivity contribution in [1.29, 1.82) is 0 Å². The molecular weight excluding hydrogens is 202 g/mol. The van der Waals surface area contributed by atoms with Crippen LogP contribution in [-0.4, -0.2) is 31.5 Å². The highest BCUT2D eigenvalue weighted by Crippen LogP contribution is 2.21. The van der Waals surface area contributed by atoms with Crippen LogP contribution in [0.25, 0.3) is 0 Å². The van der Waals surface area contributed by atoms with Gasteiger partial charge in [0.15, 0.2) is 0 Å². The fraction of sp³-hybridized carbons (Fsp3) is 1.00. The molecule has 2 atom stereocenters. The summed E-state index contributed by atoms with van der Waals surface area (Å²) in [5.74, 6) is 0. The first-order chi connectivity index (χ1) is 7.39. The molecule has 16 heavy (non-hydrogen) atoms. The van der Waals surface area contributed by atoms with E-state index in [2.05, 4.69) is 27.7 Å². The Bertz CT molecular complexity index is 183. The van der Waals surface area contributed by atoms with E-state index in [0.717, 1.165) is 38.9 Å². The summed E-state index contributed by atoms with van der Waals surface area (Å²) >= 11 is 0. The molecule has 0 spiro atoms. The van der Waals surface area contributed by atoms with Crippen LogP contribution in [0.2, 0.25) is 0 Å². The maximum Gasteiger partial charge on any atom is 0.0673 e. The Morgan fingerprint density at radius 2 is 1.62 bits per heavy atom. The van der Waals surface area contributed by atoms with Crippen LogP contribution in [0, 0.1) is 0 Å². The van der Waals surface area contributed by atoms with Crippen LogP contribution in [0.15, 0.2) is 0 Å². The first kappa shape index (κ1) is 15.9. The summed E-state index contributed by atoms with van der Waals surface area (Å²) in [5.41, 5.74) is 5.91. The van der Waals surface area contributed by atoms with Gasteiger partial charge in [0.05, 0.1) is 5.60 Å². The molecule has 0 aromatic rings. The van der Waals surface area contributed by atoms with Crippen LogP contribution in [0.5, 0.6) is 0 Å². The molecule has 0 aliphatic heterocycles. The average Bonchev–Trinajstić information content (AvgIpc) is 2.26. The summed E-state index contributed by atoms with van der Waals surface area (Å²) < 4.78 is 11.1. The SMILES string of the molecule is CCC(C)(N)CCOC(C)(CC)CCOC. The summed E-state index contributed by atoms with van der Waals surface area (Å²) in [5, 5.41) is 0. The molecular formula is C13H29NO2. The Balaban J connectivity index is 3.94. The molecule has 2 N–H and O–H groups in total. The van der Waals surface area contributed by atoms with Crippen LogP contribution in [0.3, 0.4) is 0 Å². The van der Waals surface area contributed by atoms with Gasteiger partial charge in [0, 0.05) is 25.9 Å². The highest BCUT2D eigenvalue weighted by atomic mass is 16.5. The molecule has 3 nitrogen and oxygen atoms in total. The predicted octanol–water partition coefficient (Wildman–Crippen LogP) is 2.73. The van der Waals surface area contributed by atoms with Crippen molar-refractivity contribution in [3.05, 3.63) is 0 Å². The van der Waals surface area contributed by atoms with Gasteiger partial charge >= 0.3 is 0 Å². The van der Waals surface area contributed by atoms with E-state index in [-0.39, 0.29) is 11.1 Å². The maximum atomic E-state index is 6.08. The van der Waals surface area contributed by atoms with Gasteiger partial charge in [0.2, 0.25) is 0 Å². The lowest BCUT2D eigenvalue weighted by molar-refractivity contribution is -0.0574. The van der Waals surface area contributed by atoms with Gasteiger partial charge < -0.3 is 15.2 Å². The van der Waals surface area contributed by atoms with Crippen LogP contribution in [0.1, 0.15) is 53.4 Å². The van der Waals surface area contributed by atoms with Gasteiger partial charge in [-0.05, 0) is 39.5 Å². The molecule has 98 valence electrons. The highest BCUT2D eigenvalue weighted by molar-refractivity contribution is 4.78. The molecule has 0 heterocycles. The van der Waals surface area contributed by atoms with E-state index >= 15 is 0 Å². The van der Waals surface area contributed by atoms with E-state index in [9.17, 15) is 0 Å². The van der Waals surface area contributed by atoms with E-state index < -0.39 is 0 Å². The smallest absolute Gasteiger partial charge is 0.0673 e. The second-order valence-electron chi connectivity index (χ2n) is 5.15. The molecule has 0 saturated heterocycles. The number of hydrogen-bond donors (Lipinski definition) is 1. The predicted molar refractivity (Wildman–Crippen MR) is 68.6 cm³/mol. The lowest BCUT2D eigenvalue weighted by Crippen LogP contribution is -2.38. The van der Waals surface area contributed by atoms with Crippen LogP contribution >= 0.6 is 0 Å². The first-order valence-electron chi connectivity index (χ1n) is 6.31. The Morgan fingerprint density at radius 3 is 2.06 bits per heavy atom. The van der Waals surface area contributed by atoms with Gasteiger partial charge in [-0.2, -0.15) is 0 Å². The molecule has 0 aromatic carbocycles. The van der Waals surface area contributed by atoms with E-state index in [4.69, 9.17) is 15.2 Å². The summed E-state index contributed by atoms with van der Waals surface area (Å²) in [6.07, 6.45) is 3.83. The number of nitrogens with two attached hydrogens (primary N) is 1. The number of methoxy groups -OCH3 is 1. The van der Waals surface area contributed by atoms with Crippen molar-refractivity contribution < 1.29 is 9.47 Å². The second-order valence-corrected chi connectivity index (χ2v) is 5.15. The van der Waals surface area contributed by atoms with Crippen molar-refractivity contribution in [3.63, 3.8) is 0 Å². The molecule has 0 fully saturated rings. The first-order valence-corrected chi connectivity index (χ1v) is 6.31. The lowest BCUT2D eigenvalue weighted by Gasteiger charge is -2.31. The number of hydrogen-bond acceptors (Lipinski definition) is 3. The van der Waals surface area contributed by atoms with Crippen molar-refractivity contribution in [2.75, 3.05) is 20.3 Å². The topological polar surface area (TPSA) is 44.5 Å². The van der Waals surface area contributed by atoms with Crippen molar-refractivity contribution in [3.8, 4) is 0 Å². The summed E-state index contributed by atoms with van der Waals surface area (Å²) in [6.45, 7) is 9.97. The lowest BCUT2D eigenvalue weighted by atomic mass is 9.95. The minimum absolute atomic E-state index is 0.0696. The van der Waals surface area contributed by atoms with Gasteiger partial charge in [-0.3, -0.25) is 0 Å². The Hall–Kier alpha value is -0.120. The summed E-state index contributed by atoms with van der Waals surface area (Å²) in [6, 6.07) is 0. The zero-order chi connectivity index (χ0) is 12.7. The normalized spacial score (nSPS) is 19.1. The molecule has 2 unspecified atom stereocenters. The third kappa shape index (κ3) is 6.46. The Labute approximate surface area is 101 Å². The van der Waals surface area contributed by atoms with Gasteiger partial charge in [-0.25, -0.2) is 0 Å². The molecule has 0 amide bonds. The fourth-order valence-electron chi connectivity index (χ4n) is 1.38. The standard InChI is InChI=1S/C13H29NO2/c1-6-12(3,14)8-11-16-13(4,7-2)9-10-15-5/h6-11,14H2,1-5H3. The van der Waals surface area contributed by atoms with Gasteiger partial charge in [-0.15, -0.1) is 0 Å². The average molecular weight is 231 g/mol. The van der Waals surface area contributed by atoms with Crippen LogP contribution < -0.4 is 5.73 Å².